The van der Waals surface area contributed by atoms with Crippen molar-refractivity contribution in [2.24, 2.45) is 0 Å². The summed E-state index contributed by atoms with van der Waals surface area (Å²) in [6, 6.07) is 18.5. The number of hydrogen-bond donors (Lipinski definition) is 0. The first-order chi connectivity index (χ1) is 9.72. The molecule has 0 spiro atoms. The second-order valence-corrected chi connectivity index (χ2v) is 5.03. The molecule has 0 aliphatic carbocycles. The summed E-state index contributed by atoms with van der Waals surface area (Å²) in [6.07, 6.45) is 0. The maximum atomic E-state index is 12.0. The number of carbonyl (C=O) groups is 1. The van der Waals surface area contributed by atoms with Crippen LogP contribution in [-0.4, -0.2) is 5.97 Å². The third-order valence-electron chi connectivity index (χ3n) is 2.80. The molecule has 2 aromatic rings. The standard InChI is InChI=1S/C16H12BrNO2/c17-15-9-5-4-8-13(15)14(10-18)16(19)20-11-12-6-2-1-3-7-12/h1-9,14H,11H2. The van der Waals surface area contributed by atoms with E-state index in [4.69, 9.17) is 4.74 Å². The third kappa shape index (κ3) is 3.46. The van der Waals surface area contributed by atoms with Gasteiger partial charge in [0.1, 0.15) is 6.61 Å². The highest BCUT2D eigenvalue weighted by atomic mass is 79.9. The van der Waals surface area contributed by atoms with Crippen molar-refractivity contribution < 1.29 is 9.53 Å². The number of carbonyl (C=O) groups excluding carboxylic acids is 1. The molecule has 0 heterocycles. The highest BCUT2D eigenvalue weighted by Crippen LogP contribution is 2.25. The highest BCUT2D eigenvalue weighted by Gasteiger charge is 2.23. The van der Waals surface area contributed by atoms with E-state index in [0.29, 0.717) is 5.56 Å². The quantitative estimate of drug-likeness (QED) is 0.801. The predicted octanol–water partition coefficient (Wildman–Crippen LogP) is 3.80. The van der Waals surface area contributed by atoms with Gasteiger partial charge in [-0.05, 0) is 17.2 Å². The zero-order valence-electron chi connectivity index (χ0n) is 10.6. The Bertz CT molecular complexity index is 634. The molecule has 20 heavy (non-hydrogen) atoms. The molecule has 0 aliphatic heterocycles. The lowest BCUT2D eigenvalue weighted by molar-refractivity contribution is -0.145. The van der Waals surface area contributed by atoms with Crippen molar-refractivity contribution in [1.82, 2.24) is 0 Å². The lowest BCUT2D eigenvalue weighted by Gasteiger charge is -2.11. The van der Waals surface area contributed by atoms with E-state index < -0.39 is 11.9 Å². The molecule has 3 nitrogen and oxygen atoms in total. The summed E-state index contributed by atoms with van der Waals surface area (Å²) < 4.78 is 5.93. The average Bonchev–Trinajstić information content (AvgIpc) is 2.49. The van der Waals surface area contributed by atoms with Gasteiger partial charge in [-0.15, -0.1) is 0 Å². The fraction of sp³-hybridized carbons (Fsp3) is 0.125. The number of ether oxygens (including phenoxy) is 1. The fourth-order valence-electron chi connectivity index (χ4n) is 1.77. The minimum Gasteiger partial charge on any atom is -0.460 e. The molecule has 0 bridgehead atoms. The number of benzene rings is 2. The van der Waals surface area contributed by atoms with Crippen LogP contribution in [0.3, 0.4) is 0 Å². The summed E-state index contributed by atoms with van der Waals surface area (Å²) in [5, 5.41) is 9.20. The normalized spacial score (nSPS) is 11.4. The van der Waals surface area contributed by atoms with Crippen molar-refractivity contribution in [2.75, 3.05) is 0 Å². The monoisotopic (exact) mass is 329 g/mol. The van der Waals surface area contributed by atoms with Crippen LogP contribution < -0.4 is 0 Å². The van der Waals surface area contributed by atoms with Crippen LogP contribution in [0.5, 0.6) is 0 Å². The van der Waals surface area contributed by atoms with E-state index in [1.807, 2.05) is 42.5 Å². The van der Waals surface area contributed by atoms with Crippen LogP contribution >= 0.6 is 15.9 Å². The molecule has 0 fully saturated rings. The summed E-state index contributed by atoms with van der Waals surface area (Å²) in [4.78, 5) is 12.0. The molecule has 1 atom stereocenters. The van der Waals surface area contributed by atoms with E-state index in [1.165, 1.54) is 0 Å². The van der Waals surface area contributed by atoms with Gasteiger partial charge in [-0.1, -0.05) is 64.5 Å². The first kappa shape index (κ1) is 14.3. The number of esters is 1. The molecular formula is C16H12BrNO2. The van der Waals surface area contributed by atoms with Gasteiger partial charge in [0.05, 0.1) is 6.07 Å². The van der Waals surface area contributed by atoms with E-state index >= 15 is 0 Å². The molecule has 0 N–H and O–H groups in total. The average molecular weight is 330 g/mol. The van der Waals surface area contributed by atoms with Crippen LogP contribution in [-0.2, 0) is 16.1 Å². The van der Waals surface area contributed by atoms with Crippen molar-refractivity contribution >= 4 is 21.9 Å². The summed E-state index contributed by atoms with van der Waals surface area (Å²) in [5.41, 5.74) is 1.51. The molecule has 0 saturated carbocycles. The summed E-state index contributed by atoms with van der Waals surface area (Å²) >= 11 is 3.34. The molecule has 0 aliphatic rings. The number of nitriles is 1. The van der Waals surface area contributed by atoms with Crippen LogP contribution in [0, 0.1) is 11.3 Å². The highest BCUT2D eigenvalue weighted by molar-refractivity contribution is 9.10. The van der Waals surface area contributed by atoms with Gasteiger partial charge < -0.3 is 4.74 Å². The number of halogens is 1. The lowest BCUT2D eigenvalue weighted by Crippen LogP contribution is -2.15. The summed E-state index contributed by atoms with van der Waals surface area (Å²) in [5.74, 6) is -1.46. The summed E-state index contributed by atoms with van der Waals surface area (Å²) in [6.45, 7) is 0.169. The first-order valence-electron chi connectivity index (χ1n) is 6.07. The van der Waals surface area contributed by atoms with Crippen LogP contribution in [0.15, 0.2) is 59.1 Å². The maximum absolute atomic E-state index is 12.0. The molecule has 0 amide bonds. The van der Waals surface area contributed by atoms with Gasteiger partial charge in [-0.3, -0.25) is 4.79 Å². The van der Waals surface area contributed by atoms with Crippen molar-refractivity contribution in [3.63, 3.8) is 0 Å². The smallest absolute Gasteiger partial charge is 0.328 e. The predicted molar refractivity (Wildman–Crippen MR) is 78.7 cm³/mol. The Kier molecular flexibility index (Phi) is 4.91. The van der Waals surface area contributed by atoms with Gasteiger partial charge in [-0.25, -0.2) is 0 Å². The zero-order chi connectivity index (χ0) is 14.4. The van der Waals surface area contributed by atoms with E-state index in [1.54, 1.807) is 18.2 Å². The minimum atomic E-state index is -0.922. The van der Waals surface area contributed by atoms with Gasteiger partial charge in [0.2, 0.25) is 0 Å². The Morgan fingerprint density at radius 3 is 2.45 bits per heavy atom. The second kappa shape index (κ2) is 6.88. The van der Waals surface area contributed by atoms with E-state index in [9.17, 15) is 10.1 Å². The van der Waals surface area contributed by atoms with Crippen LogP contribution in [0.1, 0.15) is 17.0 Å². The summed E-state index contributed by atoms with van der Waals surface area (Å²) in [7, 11) is 0. The molecule has 2 aromatic carbocycles. The van der Waals surface area contributed by atoms with Crippen molar-refractivity contribution in [3.8, 4) is 6.07 Å². The minimum absolute atomic E-state index is 0.169. The van der Waals surface area contributed by atoms with Gasteiger partial charge >= 0.3 is 5.97 Å². The Morgan fingerprint density at radius 2 is 1.80 bits per heavy atom. The van der Waals surface area contributed by atoms with Gasteiger partial charge in [0, 0.05) is 4.47 Å². The molecule has 0 radical (unpaired) electrons. The van der Waals surface area contributed by atoms with Crippen LogP contribution in [0.25, 0.3) is 0 Å². The molecule has 1 unspecified atom stereocenters. The first-order valence-corrected chi connectivity index (χ1v) is 6.86. The SMILES string of the molecule is N#CC(C(=O)OCc1ccccc1)c1ccccc1Br. The van der Waals surface area contributed by atoms with Gasteiger partial charge in [0.25, 0.3) is 0 Å². The molecule has 0 aromatic heterocycles. The van der Waals surface area contributed by atoms with Gasteiger partial charge in [0.15, 0.2) is 5.92 Å². The second-order valence-electron chi connectivity index (χ2n) is 4.18. The van der Waals surface area contributed by atoms with Gasteiger partial charge in [-0.2, -0.15) is 5.26 Å². The molecule has 2 rings (SSSR count). The van der Waals surface area contributed by atoms with Crippen LogP contribution in [0.4, 0.5) is 0 Å². The fourth-order valence-corrected chi connectivity index (χ4v) is 2.28. The van der Waals surface area contributed by atoms with Crippen molar-refractivity contribution in [3.05, 3.63) is 70.2 Å². The lowest BCUT2D eigenvalue weighted by atomic mass is 10.0. The number of rotatable bonds is 4. The Labute approximate surface area is 125 Å². The zero-order valence-corrected chi connectivity index (χ0v) is 12.2. The van der Waals surface area contributed by atoms with Crippen molar-refractivity contribution in [2.45, 2.75) is 12.5 Å². The van der Waals surface area contributed by atoms with E-state index in [2.05, 4.69) is 15.9 Å². The molecule has 100 valence electrons. The van der Waals surface area contributed by atoms with E-state index in [0.717, 1.165) is 10.0 Å². The Morgan fingerprint density at radius 1 is 1.15 bits per heavy atom. The van der Waals surface area contributed by atoms with E-state index in [-0.39, 0.29) is 6.61 Å². The molecule has 4 heteroatoms. The van der Waals surface area contributed by atoms with Crippen LogP contribution in [0.2, 0.25) is 0 Å². The number of nitrogens with zero attached hydrogens (tertiary/aromatic N) is 1. The number of hydrogen-bond acceptors (Lipinski definition) is 3. The largest absolute Gasteiger partial charge is 0.460 e. The molecule has 0 saturated heterocycles. The topological polar surface area (TPSA) is 50.1 Å². The Balaban J connectivity index is 2.07. The van der Waals surface area contributed by atoms with Crippen molar-refractivity contribution in [1.29, 1.82) is 5.26 Å². The maximum Gasteiger partial charge on any atom is 0.328 e. The Hall–Kier alpha value is -2.12. The third-order valence-corrected chi connectivity index (χ3v) is 3.53. The molecular weight excluding hydrogens is 318 g/mol.